The van der Waals surface area contributed by atoms with Crippen molar-refractivity contribution in [2.75, 3.05) is 31.5 Å². The van der Waals surface area contributed by atoms with Gasteiger partial charge >= 0.3 is 0 Å². The highest BCUT2D eigenvalue weighted by molar-refractivity contribution is 7.80. The molecule has 0 atom stereocenters. The number of hydrogen-bond acceptors (Lipinski definition) is 3. The lowest BCUT2D eigenvalue weighted by Gasteiger charge is -2.28. The molecule has 1 aromatic carbocycles. The molecule has 1 N–H and O–H groups in total. The third kappa shape index (κ3) is 6.23. The summed E-state index contributed by atoms with van der Waals surface area (Å²) in [7, 11) is 0. The lowest BCUT2D eigenvalue weighted by molar-refractivity contribution is 0.247. The molecular weight excluding hydrogens is 378 g/mol. The van der Waals surface area contributed by atoms with E-state index in [-0.39, 0.29) is 0 Å². The Morgan fingerprint density at radius 1 is 1.22 bits per heavy atom. The zero-order valence-electron chi connectivity index (χ0n) is 15.9. The molecule has 0 amide bonds. The number of hydrogen-bond donors (Lipinski definition) is 1. The molecule has 4 nitrogen and oxygen atoms in total. The van der Waals surface area contributed by atoms with Gasteiger partial charge in [-0.2, -0.15) is 0 Å². The molecule has 0 spiro atoms. The second-order valence-electron chi connectivity index (χ2n) is 7.15. The maximum atomic E-state index is 6.25. The summed E-state index contributed by atoms with van der Waals surface area (Å²) in [5.74, 6) is 0.914. The molecular formula is C21H28ClN3OS. The van der Waals surface area contributed by atoms with Crippen molar-refractivity contribution in [3.05, 3.63) is 52.9 Å². The van der Waals surface area contributed by atoms with E-state index in [2.05, 4.69) is 15.1 Å². The number of nitrogens with zero attached hydrogens (tertiary/aromatic N) is 2. The Balaban J connectivity index is 1.64. The molecule has 1 fully saturated rings. The highest BCUT2D eigenvalue weighted by Crippen LogP contribution is 2.20. The van der Waals surface area contributed by atoms with Crippen molar-refractivity contribution in [2.24, 2.45) is 0 Å². The van der Waals surface area contributed by atoms with Crippen LogP contribution in [0.25, 0.3) is 0 Å². The third-order valence-corrected chi connectivity index (χ3v) is 5.79. The number of nitrogens with one attached hydrogen (secondary N) is 1. The van der Waals surface area contributed by atoms with Crippen molar-refractivity contribution >= 4 is 34.6 Å². The van der Waals surface area contributed by atoms with Gasteiger partial charge in [-0.15, -0.1) is 0 Å². The molecule has 1 aliphatic rings. The summed E-state index contributed by atoms with van der Waals surface area (Å²) in [6, 6.07) is 9.83. The SMILES string of the molecule is Cc1ccc(NC(=S)N(CCN2CCCCCC2)Cc2ccco2)cc1Cl. The van der Waals surface area contributed by atoms with E-state index in [1.807, 2.05) is 37.3 Å². The molecule has 0 saturated carbocycles. The number of aryl methyl sites for hydroxylation is 1. The first-order valence-electron chi connectivity index (χ1n) is 9.68. The number of likely N-dealkylation sites (tertiary alicyclic amines) is 1. The lowest BCUT2D eigenvalue weighted by atomic mass is 10.2. The predicted octanol–water partition coefficient (Wildman–Crippen LogP) is 5.32. The van der Waals surface area contributed by atoms with E-state index in [0.29, 0.717) is 11.7 Å². The summed E-state index contributed by atoms with van der Waals surface area (Å²) < 4.78 is 5.55. The molecule has 0 unspecified atom stereocenters. The van der Waals surface area contributed by atoms with E-state index in [4.69, 9.17) is 28.2 Å². The average Bonchev–Trinajstić information content (AvgIpc) is 3.03. The molecule has 3 rings (SSSR count). The first-order chi connectivity index (χ1) is 13.1. The van der Waals surface area contributed by atoms with Gasteiger partial charge in [-0.05, 0) is 74.9 Å². The van der Waals surface area contributed by atoms with Gasteiger partial charge in [0.15, 0.2) is 5.11 Å². The molecule has 0 radical (unpaired) electrons. The summed E-state index contributed by atoms with van der Waals surface area (Å²) in [6.07, 6.45) is 6.99. The molecule has 1 saturated heterocycles. The fourth-order valence-electron chi connectivity index (χ4n) is 3.34. The largest absolute Gasteiger partial charge is 0.467 e. The van der Waals surface area contributed by atoms with E-state index in [9.17, 15) is 0 Å². The van der Waals surface area contributed by atoms with Crippen LogP contribution in [-0.2, 0) is 6.54 Å². The molecule has 1 aromatic heterocycles. The molecule has 27 heavy (non-hydrogen) atoms. The highest BCUT2D eigenvalue weighted by Gasteiger charge is 2.16. The molecule has 146 valence electrons. The fourth-order valence-corrected chi connectivity index (χ4v) is 3.79. The molecule has 2 aromatic rings. The zero-order chi connectivity index (χ0) is 19.1. The predicted molar refractivity (Wildman–Crippen MR) is 116 cm³/mol. The van der Waals surface area contributed by atoms with Crippen LogP contribution in [0, 0.1) is 6.92 Å². The van der Waals surface area contributed by atoms with E-state index >= 15 is 0 Å². The van der Waals surface area contributed by atoms with Gasteiger partial charge in [0, 0.05) is 23.8 Å². The lowest BCUT2D eigenvalue weighted by Crippen LogP contribution is -2.40. The quantitative estimate of drug-likeness (QED) is 0.657. The Morgan fingerprint density at radius 3 is 2.67 bits per heavy atom. The van der Waals surface area contributed by atoms with Gasteiger partial charge in [0.25, 0.3) is 0 Å². The normalized spacial score (nSPS) is 15.3. The van der Waals surface area contributed by atoms with Crippen molar-refractivity contribution in [1.29, 1.82) is 0 Å². The molecule has 0 bridgehead atoms. The van der Waals surface area contributed by atoms with Crippen LogP contribution >= 0.6 is 23.8 Å². The Morgan fingerprint density at radius 2 is 2.00 bits per heavy atom. The molecule has 2 heterocycles. The van der Waals surface area contributed by atoms with Crippen LogP contribution < -0.4 is 5.32 Å². The Kier molecular flexibility index (Phi) is 7.56. The maximum absolute atomic E-state index is 6.25. The van der Waals surface area contributed by atoms with Crippen LogP contribution in [0.2, 0.25) is 5.02 Å². The zero-order valence-corrected chi connectivity index (χ0v) is 17.5. The summed E-state index contributed by atoms with van der Waals surface area (Å²) in [5, 5.41) is 4.77. The van der Waals surface area contributed by atoms with Crippen LogP contribution in [0.3, 0.4) is 0 Å². The smallest absolute Gasteiger partial charge is 0.173 e. The average molecular weight is 406 g/mol. The second kappa shape index (κ2) is 10.1. The van der Waals surface area contributed by atoms with Crippen molar-refractivity contribution in [3.8, 4) is 0 Å². The van der Waals surface area contributed by atoms with E-state index in [0.717, 1.165) is 35.1 Å². The number of halogens is 1. The Bertz CT molecular complexity index is 727. The van der Waals surface area contributed by atoms with Gasteiger partial charge in [0.05, 0.1) is 12.8 Å². The highest BCUT2D eigenvalue weighted by atomic mass is 35.5. The minimum Gasteiger partial charge on any atom is -0.467 e. The van der Waals surface area contributed by atoms with Gasteiger partial charge in [-0.25, -0.2) is 0 Å². The monoisotopic (exact) mass is 405 g/mol. The number of furan rings is 1. The summed E-state index contributed by atoms with van der Waals surface area (Å²) >= 11 is 12.0. The van der Waals surface area contributed by atoms with Gasteiger partial charge in [-0.3, -0.25) is 0 Å². The van der Waals surface area contributed by atoms with Crippen molar-refractivity contribution < 1.29 is 4.42 Å². The molecule has 6 heteroatoms. The van der Waals surface area contributed by atoms with Gasteiger partial charge in [-0.1, -0.05) is 30.5 Å². The Hall–Kier alpha value is -1.56. The van der Waals surface area contributed by atoms with Crippen LogP contribution in [0.5, 0.6) is 0 Å². The van der Waals surface area contributed by atoms with Crippen LogP contribution in [0.15, 0.2) is 41.0 Å². The van der Waals surface area contributed by atoms with Crippen LogP contribution in [0.1, 0.15) is 37.0 Å². The topological polar surface area (TPSA) is 31.6 Å². The molecule has 0 aliphatic carbocycles. The van der Waals surface area contributed by atoms with Crippen LogP contribution in [-0.4, -0.2) is 41.1 Å². The second-order valence-corrected chi connectivity index (χ2v) is 7.94. The minimum atomic E-state index is 0.659. The minimum absolute atomic E-state index is 0.659. The van der Waals surface area contributed by atoms with Gasteiger partial charge in [0.1, 0.15) is 5.76 Å². The fraction of sp³-hybridized carbons (Fsp3) is 0.476. The van der Waals surface area contributed by atoms with Crippen molar-refractivity contribution in [3.63, 3.8) is 0 Å². The molecule has 1 aliphatic heterocycles. The summed E-state index contributed by atoms with van der Waals surface area (Å²) in [5.41, 5.74) is 1.97. The number of anilines is 1. The van der Waals surface area contributed by atoms with Crippen molar-refractivity contribution in [2.45, 2.75) is 39.2 Å². The van der Waals surface area contributed by atoms with E-state index in [1.165, 1.54) is 38.8 Å². The first-order valence-corrected chi connectivity index (χ1v) is 10.5. The number of thiocarbonyl (C=S) groups is 1. The van der Waals surface area contributed by atoms with E-state index < -0.39 is 0 Å². The van der Waals surface area contributed by atoms with Gasteiger partial charge < -0.3 is 19.5 Å². The third-order valence-electron chi connectivity index (χ3n) is 5.02. The summed E-state index contributed by atoms with van der Waals surface area (Å²) in [6.45, 7) is 6.90. The van der Waals surface area contributed by atoms with E-state index in [1.54, 1.807) is 6.26 Å². The van der Waals surface area contributed by atoms with Crippen LogP contribution in [0.4, 0.5) is 5.69 Å². The summed E-state index contributed by atoms with van der Waals surface area (Å²) in [4.78, 5) is 4.72. The first kappa shape index (κ1) is 20.2. The maximum Gasteiger partial charge on any atom is 0.173 e. The number of rotatable bonds is 6. The number of benzene rings is 1. The van der Waals surface area contributed by atoms with Crippen molar-refractivity contribution in [1.82, 2.24) is 9.80 Å². The Labute approximate surface area is 172 Å². The van der Waals surface area contributed by atoms with Gasteiger partial charge in [0.2, 0.25) is 0 Å². The standard InChI is InChI=1S/C21H28ClN3OS/c1-17-8-9-18(15-20(17)22)23-21(27)25(16-19-7-6-14-26-19)13-12-24-10-4-2-3-5-11-24/h6-9,14-15H,2-5,10-13,16H2,1H3,(H,23,27).